The van der Waals surface area contributed by atoms with Crippen molar-refractivity contribution in [2.45, 2.75) is 44.9 Å². The number of piperidine rings is 1. The van der Waals surface area contributed by atoms with Crippen molar-refractivity contribution in [1.29, 1.82) is 0 Å². The summed E-state index contributed by atoms with van der Waals surface area (Å²) < 4.78 is 5.54. The molecule has 3 heterocycles. The zero-order valence-corrected chi connectivity index (χ0v) is 22.6. The summed E-state index contributed by atoms with van der Waals surface area (Å²) in [6.45, 7) is 6.62. The van der Waals surface area contributed by atoms with E-state index < -0.39 is 11.3 Å². The average Bonchev–Trinajstić information content (AvgIpc) is 3.25. The minimum Gasteiger partial charge on any atom is -0.444 e. The predicted octanol–water partition coefficient (Wildman–Crippen LogP) is 5.54. The Hall–Kier alpha value is -3.72. The standard InChI is InChI=1S/C29H31N5O3S/c1-28(2,3)37-27(36)34-15-13-29(14-16-34)32-25(20-9-5-4-6-10-20)26(33-29)38-19-24(35)31-22-17-21-11-7-8-12-23(21)30-18-22/h4-12,17-18H,13-16,19H2,1-3H3,(H,31,35). The molecule has 0 radical (unpaired) electrons. The second-order valence-corrected chi connectivity index (χ2v) is 11.4. The summed E-state index contributed by atoms with van der Waals surface area (Å²) >= 11 is 1.38. The van der Waals surface area contributed by atoms with Crippen molar-refractivity contribution in [1.82, 2.24) is 9.88 Å². The number of nitrogens with one attached hydrogen (secondary N) is 1. The molecule has 1 N–H and O–H groups in total. The van der Waals surface area contributed by atoms with Crippen molar-refractivity contribution >= 4 is 51.1 Å². The van der Waals surface area contributed by atoms with Crippen molar-refractivity contribution in [3.63, 3.8) is 0 Å². The lowest BCUT2D eigenvalue weighted by Gasteiger charge is -2.36. The van der Waals surface area contributed by atoms with Gasteiger partial charge in [-0.1, -0.05) is 60.3 Å². The number of ether oxygens (including phenoxy) is 1. The van der Waals surface area contributed by atoms with E-state index >= 15 is 0 Å². The van der Waals surface area contributed by atoms with Gasteiger partial charge in [0.2, 0.25) is 5.91 Å². The summed E-state index contributed by atoms with van der Waals surface area (Å²) in [6.07, 6.45) is 2.56. The third kappa shape index (κ3) is 6.05. The zero-order chi connectivity index (χ0) is 26.8. The number of hydrogen-bond acceptors (Lipinski definition) is 7. The van der Waals surface area contributed by atoms with Crippen molar-refractivity contribution in [2.24, 2.45) is 9.98 Å². The molecule has 3 aromatic rings. The fourth-order valence-electron chi connectivity index (χ4n) is 4.48. The van der Waals surface area contributed by atoms with Crippen LogP contribution >= 0.6 is 11.8 Å². The number of hydrogen-bond donors (Lipinski definition) is 1. The molecular formula is C29H31N5O3S. The van der Waals surface area contributed by atoms with Gasteiger partial charge in [0.15, 0.2) is 5.66 Å². The number of likely N-dealkylation sites (tertiary alicyclic amines) is 1. The third-order valence-corrected chi connectivity index (χ3v) is 7.27. The average molecular weight is 530 g/mol. The number of amides is 2. The second kappa shape index (κ2) is 10.6. The fraction of sp³-hybridized carbons (Fsp3) is 0.345. The normalized spacial score (nSPS) is 16.8. The number of thioether (sulfide) groups is 1. The predicted molar refractivity (Wildman–Crippen MR) is 153 cm³/mol. The summed E-state index contributed by atoms with van der Waals surface area (Å²) in [7, 11) is 0. The van der Waals surface area contributed by atoms with Crippen LogP contribution in [0.25, 0.3) is 10.9 Å². The Bertz CT molecular complexity index is 1410. The van der Waals surface area contributed by atoms with Gasteiger partial charge in [-0.25, -0.2) is 9.79 Å². The number of carbonyl (C=O) groups excluding carboxylic acids is 2. The van der Waals surface area contributed by atoms with E-state index in [2.05, 4.69) is 10.3 Å². The van der Waals surface area contributed by atoms with Crippen LogP contribution < -0.4 is 5.32 Å². The fourth-order valence-corrected chi connectivity index (χ4v) is 5.35. The number of pyridine rings is 1. The first-order chi connectivity index (χ1) is 18.2. The molecule has 2 aromatic carbocycles. The molecule has 0 atom stereocenters. The molecule has 2 aliphatic rings. The highest BCUT2D eigenvalue weighted by Crippen LogP contribution is 2.36. The van der Waals surface area contributed by atoms with E-state index in [1.165, 1.54) is 11.8 Å². The molecule has 0 aliphatic carbocycles. The highest BCUT2D eigenvalue weighted by molar-refractivity contribution is 8.16. The van der Waals surface area contributed by atoms with Gasteiger partial charge < -0.3 is 15.0 Å². The van der Waals surface area contributed by atoms with Gasteiger partial charge in [-0.15, -0.1) is 0 Å². The van der Waals surface area contributed by atoms with E-state index in [9.17, 15) is 9.59 Å². The van der Waals surface area contributed by atoms with Gasteiger partial charge in [0.05, 0.1) is 28.9 Å². The maximum Gasteiger partial charge on any atom is 0.410 e. The van der Waals surface area contributed by atoms with Gasteiger partial charge in [-0.05, 0) is 32.9 Å². The van der Waals surface area contributed by atoms with Crippen LogP contribution in [0.4, 0.5) is 10.5 Å². The molecule has 5 rings (SSSR count). The monoisotopic (exact) mass is 529 g/mol. The number of aromatic nitrogens is 1. The maximum absolute atomic E-state index is 12.8. The molecule has 0 unspecified atom stereocenters. The molecule has 2 amide bonds. The first-order valence-corrected chi connectivity index (χ1v) is 13.7. The summed E-state index contributed by atoms with van der Waals surface area (Å²) in [5, 5.41) is 4.66. The number of para-hydroxylation sites is 1. The van der Waals surface area contributed by atoms with Gasteiger partial charge >= 0.3 is 6.09 Å². The zero-order valence-electron chi connectivity index (χ0n) is 21.8. The van der Waals surface area contributed by atoms with E-state index in [1.54, 1.807) is 11.1 Å². The molecule has 1 saturated heterocycles. The van der Waals surface area contributed by atoms with Crippen LogP contribution in [0, 0.1) is 0 Å². The molecule has 196 valence electrons. The lowest BCUT2D eigenvalue weighted by atomic mass is 9.99. The minimum atomic E-state index is -0.634. The number of rotatable bonds is 4. The molecule has 0 bridgehead atoms. The van der Waals surface area contributed by atoms with E-state index in [0.717, 1.165) is 27.2 Å². The Morgan fingerprint density at radius 3 is 2.47 bits per heavy atom. The van der Waals surface area contributed by atoms with Crippen LogP contribution in [-0.2, 0) is 9.53 Å². The molecule has 38 heavy (non-hydrogen) atoms. The minimum absolute atomic E-state index is 0.136. The van der Waals surface area contributed by atoms with Crippen LogP contribution in [0.1, 0.15) is 39.2 Å². The summed E-state index contributed by atoms with van der Waals surface area (Å²) in [4.78, 5) is 41.6. The lowest BCUT2D eigenvalue weighted by molar-refractivity contribution is -0.113. The molecule has 1 fully saturated rings. The molecule has 2 aliphatic heterocycles. The SMILES string of the molecule is CC(C)(C)OC(=O)N1CCC2(CC1)N=C(SCC(=O)Nc1cnc3ccccc3c1)C(c1ccccc1)=N2. The van der Waals surface area contributed by atoms with Crippen LogP contribution in [0.5, 0.6) is 0 Å². The van der Waals surface area contributed by atoms with Gasteiger partial charge in [-0.3, -0.25) is 14.8 Å². The van der Waals surface area contributed by atoms with Crippen molar-refractivity contribution in [2.75, 3.05) is 24.2 Å². The van der Waals surface area contributed by atoms with Crippen molar-refractivity contribution in [3.8, 4) is 0 Å². The third-order valence-electron chi connectivity index (χ3n) is 6.31. The van der Waals surface area contributed by atoms with Crippen molar-refractivity contribution < 1.29 is 14.3 Å². The molecule has 8 nitrogen and oxygen atoms in total. The smallest absolute Gasteiger partial charge is 0.410 e. The highest BCUT2D eigenvalue weighted by Gasteiger charge is 2.41. The Balaban J connectivity index is 1.28. The van der Waals surface area contributed by atoms with Gasteiger partial charge in [0, 0.05) is 36.9 Å². The summed E-state index contributed by atoms with van der Waals surface area (Å²) in [5.74, 6) is 0.0559. The molecule has 9 heteroatoms. The van der Waals surface area contributed by atoms with Crippen LogP contribution in [0.15, 0.2) is 76.8 Å². The van der Waals surface area contributed by atoms with Gasteiger partial charge in [-0.2, -0.15) is 0 Å². The number of anilines is 1. The maximum atomic E-state index is 12.8. The van der Waals surface area contributed by atoms with Gasteiger partial charge in [0.1, 0.15) is 10.6 Å². The number of aliphatic imine (C=N–C) groups is 2. The van der Waals surface area contributed by atoms with Gasteiger partial charge in [0.25, 0.3) is 0 Å². The topological polar surface area (TPSA) is 96.2 Å². The number of carbonyl (C=O) groups is 2. The Labute approximate surface area is 226 Å². The Morgan fingerprint density at radius 1 is 1.03 bits per heavy atom. The van der Waals surface area contributed by atoms with Crippen molar-refractivity contribution in [3.05, 3.63) is 72.4 Å². The highest BCUT2D eigenvalue weighted by atomic mass is 32.2. The number of benzene rings is 2. The number of fused-ring (bicyclic) bond motifs is 1. The van der Waals surface area contributed by atoms with Crippen LogP contribution in [0.3, 0.4) is 0 Å². The van der Waals surface area contributed by atoms with Crippen LogP contribution in [0.2, 0.25) is 0 Å². The van der Waals surface area contributed by atoms with E-state index in [0.29, 0.717) is 31.6 Å². The molecule has 1 spiro atoms. The first kappa shape index (κ1) is 25.9. The molecular weight excluding hydrogens is 498 g/mol. The summed E-state index contributed by atoms with van der Waals surface area (Å²) in [5.41, 5.74) is 2.12. The lowest BCUT2D eigenvalue weighted by Crippen LogP contribution is -2.46. The molecule has 1 aromatic heterocycles. The van der Waals surface area contributed by atoms with E-state index in [4.69, 9.17) is 14.7 Å². The summed E-state index contributed by atoms with van der Waals surface area (Å²) in [6, 6.07) is 19.6. The van der Waals surface area contributed by atoms with Crippen LogP contribution in [-0.4, -0.2) is 62.7 Å². The Morgan fingerprint density at radius 2 is 1.74 bits per heavy atom. The Kier molecular flexibility index (Phi) is 7.21. The second-order valence-electron chi connectivity index (χ2n) is 10.4. The van der Waals surface area contributed by atoms with E-state index in [1.807, 2.05) is 81.4 Å². The quantitative estimate of drug-likeness (QED) is 0.479. The number of nitrogens with zero attached hydrogens (tertiary/aromatic N) is 4. The molecule has 0 saturated carbocycles. The first-order valence-electron chi connectivity index (χ1n) is 12.7. The largest absolute Gasteiger partial charge is 0.444 e. The van der Waals surface area contributed by atoms with E-state index in [-0.39, 0.29) is 17.8 Å².